The number of benzene rings is 8. The normalized spacial score (nSPS) is 12.7. The molecule has 8 aromatic carbocycles. The first-order valence-corrected chi connectivity index (χ1v) is 18.1. The molecule has 2 aliphatic rings. The van der Waals surface area contributed by atoms with Crippen LogP contribution in [0.2, 0.25) is 0 Å². The Balaban J connectivity index is 1.43. The van der Waals surface area contributed by atoms with Gasteiger partial charge in [-0.15, -0.1) is 0 Å². The van der Waals surface area contributed by atoms with E-state index in [0.29, 0.717) is 0 Å². The van der Waals surface area contributed by atoms with Gasteiger partial charge in [0, 0.05) is 22.1 Å². The topological polar surface area (TPSA) is 24.9 Å². The molecular formula is C50H34N2O2. The highest BCUT2D eigenvalue weighted by Gasteiger charge is 2.34. The van der Waals surface area contributed by atoms with Gasteiger partial charge >= 0.3 is 0 Å². The van der Waals surface area contributed by atoms with E-state index in [9.17, 15) is 0 Å². The Bertz CT molecular complexity index is 2660. The van der Waals surface area contributed by atoms with Gasteiger partial charge < -0.3 is 19.3 Å². The summed E-state index contributed by atoms with van der Waals surface area (Å²) in [4.78, 5) is 4.74. The fraction of sp³-hybridized carbons (Fsp3) is 0. The van der Waals surface area contributed by atoms with Crippen molar-refractivity contribution in [2.75, 3.05) is 9.80 Å². The zero-order chi connectivity index (χ0) is 36.0. The third kappa shape index (κ3) is 5.00. The number of para-hydroxylation sites is 8. The predicted molar refractivity (Wildman–Crippen MR) is 224 cm³/mol. The largest absolute Gasteiger partial charge is 0.453 e. The molecule has 0 saturated carbocycles. The lowest BCUT2D eigenvalue weighted by Crippen LogP contribution is -2.19. The first-order chi connectivity index (χ1) is 26.8. The van der Waals surface area contributed by atoms with E-state index in [1.54, 1.807) is 0 Å². The van der Waals surface area contributed by atoms with Gasteiger partial charge in [0.1, 0.15) is 0 Å². The van der Waals surface area contributed by atoms with E-state index in [2.05, 4.69) is 150 Å². The minimum absolute atomic E-state index is 0.797. The molecule has 256 valence electrons. The Labute approximate surface area is 314 Å². The molecule has 54 heavy (non-hydrogen) atoms. The predicted octanol–water partition coefficient (Wildman–Crippen LogP) is 14.5. The van der Waals surface area contributed by atoms with E-state index in [4.69, 9.17) is 9.47 Å². The Morgan fingerprint density at radius 2 is 0.833 bits per heavy atom. The molecule has 0 aromatic heterocycles. The van der Waals surface area contributed by atoms with Crippen LogP contribution in [-0.2, 0) is 0 Å². The molecule has 0 atom stereocenters. The molecule has 4 nitrogen and oxygen atoms in total. The van der Waals surface area contributed by atoms with E-state index in [1.807, 2.05) is 60.7 Å². The van der Waals surface area contributed by atoms with E-state index in [-0.39, 0.29) is 0 Å². The average Bonchev–Trinajstić information content (AvgIpc) is 3.24. The summed E-state index contributed by atoms with van der Waals surface area (Å²) in [6.45, 7) is 4.13. The van der Waals surface area contributed by atoms with Crippen molar-refractivity contribution in [2.24, 2.45) is 0 Å². The van der Waals surface area contributed by atoms with Gasteiger partial charge in [-0.05, 0) is 71.1 Å². The highest BCUT2D eigenvalue weighted by Crippen LogP contribution is 2.59. The van der Waals surface area contributed by atoms with Crippen LogP contribution in [0.1, 0.15) is 5.56 Å². The van der Waals surface area contributed by atoms with Crippen molar-refractivity contribution < 1.29 is 9.47 Å². The maximum atomic E-state index is 6.57. The molecular weight excluding hydrogens is 661 g/mol. The minimum atomic E-state index is 0.797. The Hall–Kier alpha value is -7.30. The summed E-state index contributed by atoms with van der Waals surface area (Å²) in [6, 6.07) is 61.3. The molecule has 8 aromatic rings. The second-order valence-electron chi connectivity index (χ2n) is 13.3. The molecule has 0 saturated heterocycles. The van der Waals surface area contributed by atoms with E-state index in [1.165, 1.54) is 0 Å². The summed E-state index contributed by atoms with van der Waals surface area (Å²) in [5.41, 5.74) is 11.5. The second kappa shape index (κ2) is 13.0. The summed E-state index contributed by atoms with van der Waals surface area (Å²) >= 11 is 0. The van der Waals surface area contributed by atoms with Gasteiger partial charge in [0.15, 0.2) is 23.0 Å². The molecule has 0 bridgehead atoms. The molecule has 0 spiro atoms. The smallest absolute Gasteiger partial charge is 0.151 e. The zero-order valence-corrected chi connectivity index (χ0v) is 29.4. The highest BCUT2D eigenvalue weighted by atomic mass is 16.5. The van der Waals surface area contributed by atoms with Crippen molar-refractivity contribution in [3.63, 3.8) is 0 Å². The van der Waals surface area contributed by atoms with Gasteiger partial charge in [0.05, 0.1) is 34.1 Å². The number of ether oxygens (including phenoxy) is 2. The number of hydrogen-bond acceptors (Lipinski definition) is 4. The number of fused-ring (bicyclic) bond motifs is 5. The quantitative estimate of drug-likeness (QED) is 0.162. The third-order valence-electron chi connectivity index (χ3n) is 10.2. The lowest BCUT2D eigenvalue weighted by molar-refractivity contribution is 0.477. The van der Waals surface area contributed by atoms with Crippen molar-refractivity contribution in [3.8, 4) is 45.3 Å². The fourth-order valence-electron chi connectivity index (χ4n) is 7.98. The maximum absolute atomic E-state index is 6.57. The monoisotopic (exact) mass is 694 g/mol. The summed E-state index contributed by atoms with van der Waals surface area (Å²) < 4.78 is 13.1. The lowest BCUT2D eigenvalue weighted by Gasteiger charge is -2.37. The van der Waals surface area contributed by atoms with Crippen molar-refractivity contribution in [1.82, 2.24) is 0 Å². The van der Waals surface area contributed by atoms with Crippen LogP contribution in [0.3, 0.4) is 0 Å². The van der Waals surface area contributed by atoms with Crippen LogP contribution in [0.15, 0.2) is 195 Å². The standard InChI is InChI=1S/C50H34N2O2/c1-2-3-23-37-47(34-19-6-4-7-20-34)49-36(24-18-29-42(49)51-38-25-10-14-30-43(38)53-44-31-15-11-26-39(44)51)48(35-21-8-5-9-22-35)50(37)52-40-27-12-16-32-45(40)54-46-33-17-13-28-41(46)52/h2-33H,1H2/b23-3-. The molecule has 0 fully saturated rings. The van der Waals surface area contributed by atoms with Crippen LogP contribution in [0, 0.1) is 0 Å². The number of rotatable bonds is 6. The molecule has 0 aliphatic carbocycles. The van der Waals surface area contributed by atoms with Crippen LogP contribution >= 0.6 is 0 Å². The molecule has 0 unspecified atom stereocenters. The summed E-state index contributed by atoms with van der Waals surface area (Å²) in [7, 11) is 0. The molecule has 4 heteroatoms. The molecule has 2 heterocycles. The summed E-state index contributed by atoms with van der Waals surface area (Å²) in [6.07, 6.45) is 6.12. The SMILES string of the molecule is C=C/C=C\c1c(N2c3ccccc3Oc3ccccc32)c(-c2ccccc2)c2cccc(N3c4ccccc4Oc4ccccc43)c2c1-c1ccccc1. The first kappa shape index (κ1) is 31.4. The highest BCUT2D eigenvalue weighted by molar-refractivity contribution is 6.21. The molecule has 10 rings (SSSR count). The summed E-state index contributed by atoms with van der Waals surface area (Å²) in [5.74, 6) is 3.21. The zero-order valence-electron chi connectivity index (χ0n) is 29.4. The Kier molecular flexibility index (Phi) is 7.59. The van der Waals surface area contributed by atoms with Gasteiger partial charge in [-0.3, -0.25) is 0 Å². The van der Waals surface area contributed by atoms with Crippen molar-refractivity contribution in [1.29, 1.82) is 0 Å². The van der Waals surface area contributed by atoms with E-state index >= 15 is 0 Å². The molecule has 0 amide bonds. The number of hydrogen-bond donors (Lipinski definition) is 0. The van der Waals surface area contributed by atoms with Gasteiger partial charge in [0.2, 0.25) is 0 Å². The molecule has 0 N–H and O–H groups in total. The van der Waals surface area contributed by atoms with Crippen LogP contribution in [0.25, 0.3) is 39.1 Å². The number of anilines is 6. The third-order valence-corrected chi connectivity index (χ3v) is 10.2. The van der Waals surface area contributed by atoms with Gasteiger partial charge in [-0.2, -0.15) is 0 Å². The Morgan fingerprint density at radius 3 is 1.33 bits per heavy atom. The minimum Gasteiger partial charge on any atom is -0.453 e. The average molecular weight is 695 g/mol. The number of nitrogens with zero attached hydrogens (tertiary/aromatic N) is 2. The molecule has 0 radical (unpaired) electrons. The van der Waals surface area contributed by atoms with Crippen molar-refractivity contribution in [3.05, 3.63) is 200 Å². The van der Waals surface area contributed by atoms with Crippen LogP contribution < -0.4 is 19.3 Å². The second-order valence-corrected chi connectivity index (χ2v) is 13.3. The van der Waals surface area contributed by atoms with E-state index < -0.39 is 0 Å². The summed E-state index contributed by atoms with van der Waals surface area (Å²) in [5, 5.41) is 2.24. The van der Waals surface area contributed by atoms with Gasteiger partial charge in [-0.1, -0.05) is 146 Å². The van der Waals surface area contributed by atoms with Gasteiger partial charge in [0.25, 0.3) is 0 Å². The van der Waals surface area contributed by atoms with Crippen LogP contribution in [0.5, 0.6) is 23.0 Å². The lowest BCUT2D eigenvalue weighted by atomic mass is 9.84. The van der Waals surface area contributed by atoms with Gasteiger partial charge in [-0.25, -0.2) is 0 Å². The van der Waals surface area contributed by atoms with Crippen LogP contribution in [0.4, 0.5) is 34.1 Å². The van der Waals surface area contributed by atoms with Crippen LogP contribution in [-0.4, -0.2) is 0 Å². The van der Waals surface area contributed by atoms with Crippen molar-refractivity contribution >= 4 is 51.0 Å². The Morgan fingerprint density at radius 1 is 0.407 bits per heavy atom. The first-order valence-electron chi connectivity index (χ1n) is 18.1. The van der Waals surface area contributed by atoms with Crippen molar-refractivity contribution in [2.45, 2.75) is 0 Å². The van der Waals surface area contributed by atoms with E-state index in [0.717, 1.165) is 95.7 Å². The fourth-order valence-corrected chi connectivity index (χ4v) is 7.98. The number of allylic oxidation sites excluding steroid dienone is 2. The maximum Gasteiger partial charge on any atom is 0.151 e. The molecule has 2 aliphatic heterocycles.